The van der Waals surface area contributed by atoms with Gasteiger partial charge >= 0.3 is 19.7 Å². The quantitative estimate of drug-likeness (QED) is 0.122. The third-order valence-corrected chi connectivity index (χ3v) is 8.91. The Labute approximate surface area is 232 Å². The number of carbonyl (C=O) groups excluding carboxylic acids is 1. The van der Waals surface area contributed by atoms with E-state index in [1.165, 1.54) is 0 Å². The average molecular weight is 590 g/mol. The molecule has 0 saturated heterocycles. The van der Waals surface area contributed by atoms with E-state index in [9.17, 15) is 31.3 Å². The summed E-state index contributed by atoms with van der Waals surface area (Å²) in [5.74, 6) is -6.96. The highest BCUT2D eigenvalue weighted by atomic mass is 31.2. The molecular formula is C29H37F5NO4P. The minimum atomic E-state index is -5.76. The van der Waals surface area contributed by atoms with Crippen LogP contribution in [0.2, 0.25) is 0 Å². The minimum Gasteiger partial charge on any atom is -0.349 e. The molecule has 0 aromatic heterocycles. The average Bonchev–Trinajstić information content (AvgIpc) is 3.25. The van der Waals surface area contributed by atoms with Crippen molar-refractivity contribution in [2.24, 2.45) is 0 Å². The van der Waals surface area contributed by atoms with Crippen molar-refractivity contribution in [2.75, 3.05) is 25.9 Å². The van der Waals surface area contributed by atoms with Gasteiger partial charge in [-0.2, -0.15) is 22.0 Å². The Balaban J connectivity index is 1.73. The first-order valence-corrected chi connectivity index (χ1v) is 15.5. The van der Waals surface area contributed by atoms with Crippen LogP contribution in [-0.4, -0.2) is 43.9 Å². The Hall–Kier alpha value is -2.29. The maximum atomic E-state index is 13.5. The molecular weight excluding hydrogens is 552 g/mol. The van der Waals surface area contributed by atoms with Crippen molar-refractivity contribution in [3.8, 4) is 11.1 Å². The highest BCUT2D eigenvalue weighted by molar-refractivity contribution is 7.53. The van der Waals surface area contributed by atoms with Crippen molar-refractivity contribution in [2.45, 2.75) is 76.8 Å². The van der Waals surface area contributed by atoms with Gasteiger partial charge < -0.3 is 14.4 Å². The zero-order valence-electron chi connectivity index (χ0n) is 22.9. The van der Waals surface area contributed by atoms with Crippen LogP contribution in [-0.2, 0) is 24.8 Å². The Kier molecular flexibility index (Phi) is 11.3. The third kappa shape index (κ3) is 7.92. The zero-order valence-corrected chi connectivity index (χ0v) is 23.8. The number of halogens is 5. The van der Waals surface area contributed by atoms with Crippen molar-refractivity contribution in [1.29, 1.82) is 0 Å². The summed E-state index contributed by atoms with van der Waals surface area (Å²) in [5.41, 5.74) is 3.54. The molecule has 0 fully saturated rings. The summed E-state index contributed by atoms with van der Waals surface area (Å²) < 4.78 is 89.4. The van der Waals surface area contributed by atoms with Crippen LogP contribution in [0.5, 0.6) is 0 Å². The zero-order chi connectivity index (χ0) is 29.4. The molecule has 5 nitrogen and oxygen atoms in total. The van der Waals surface area contributed by atoms with Gasteiger partial charge in [-0.3, -0.25) is 9.36 Å². The molecule has 1 unspecified atom stereocenters. The molecule has 0 radical (unpaired) electrons. The van der Waals surface area contributed by atoms with E-state index in [1.807, 2.05) is 31.3 Å². The number of carbonyl (C=O) groups is 1. The Morgan fingerprint density at radius 2 is 1.50 bits per heavy atom. The van der Waals surface area contributed by atoms with Gasteiger partial charge in [-0.1, -0.05) is 69.2 Å². The molecule has 1 atom stereocenters. The fourth-order valence-electron chi connectivity index (χ4n) is 4.71. The van der Waals surface area contributed by atoms with Crippen molar-refractivity contribution in [3.63, 3.8) is 0 Å². The van der Waals surface area contributed by atoms with E-state index in [4.69, 9.17) is 9.05 Å². The van der Waals surface area contributed by atoms with Gasteiger partial charge in [0.15, 0.2) is 0 Å². The fraction of sp³-hybridized carbons (Fsp3) is 0.552. The molecule has 0 bridgehead atoms. The van der Waals surface area contributed by atoms with Crippen molar-refractivity contribution >= 4 is 13.5 Å². The number of amides is 1. The number of aryl methyl sites for hydroxylation is 1. The van der Waals surface area contributed by atoms with Crippen molar-refractivity contribution < 1.29 is 40.4 Å². The summed E-state index contributed by atoms with van der Waals surface area (Å²) in [6.45, 7) is 2.97. The number of unbranched alkanes of at least 4 members (excludes halogenated alkanes) is 3. The SMILES string of the molecule is CCCCOP(=O)(CCCCc1cccc2c1-c1ccccc1C2C(=O)NCC(F)(F)C(F)(F)F)OCCCC. The molecule has 222 valence electrons. The molecule has 0 spiro atoms. The second-order valence-electron chi connectivity index (χ2n) is 9.99. The number of nitrogens with one attached hydrogen (secondary N) is 1. The molecule has 1 amide bonds. The Morgan fingerprint density at radius 3 is 2.12 bits per heavy atom. The largest absolute Gasteiger partial charge is 0.455 e. The summed E-state index contributed by atoms with van der Waals surface area (Å²) in [6.07, 6.45) is -0.239. The van der Waals surface area contributed by atoms with E-state index in [0.29, 0.717) is 43.6 Å². The molecule has 1 aliphatic carbocycles. The van der Waals surface area contributed by atoms with Crippen LogP contribution in [0.4, 0.5) is 22.0 Å². The number of hydrogen-bond donors (Lipinski definition) is 1. The van der Waals surface area contributed by atoms with E-state index in [0.717, 1.165) is 42.4 Å². The standard InChI is InChI=1S/C29H37F5NO4P/c1-3-5-17-38-40(37,39-18-6-4-2)19-10-9-12-21-13-11-16-24-25(21)22-14-7-8-15-23(22)26(24)27(36)35-20-28(30,31)29(32,33)34/h7-8,11,13-16,26H,3-6,9-10,12,17-20H2,1-2H3,(H,35,36). The van der Waals surface area contributed by atoms with Gasteiger partial charge in [0.1, 0.15) is 0 Å². The van der Waals surface area contributed by atoms with Crippen LogP contribution in [0, 0.1) is 0 Å². The van der Waals surface area contributed by atoms with Crippen LogP contribution in [0.15, 0.2) is 42.5 Å². The first kappa shape index (κ1) is 32.2. The number of alkyl halides is 5. The van der Waals surface area contributed by atoms with Crippen molar-refractivity contribution in [3.05, 3.63) is 59.2 Å². The van der Waals surface area contributed by atoms with Crippen molar-refractivity contribution in [1.82, 2.24) is 5.32 Å². The molecule has 11 heteroatoms. The van der Waals surface area contributed by atoms with Crippen LogP contribution >= 0.6 is 7.60 Å². The Bertz CT molecular complexity index is 1170. The summed E-state index contributed by atoms with van der Waals surface area (Å²) in [4.78, 5) is 13.0. The molecule has 3 rings (SSSR count). The van der Waals surface area contributed by atoms with Gasteiger partial charge in [0.2, 0.25) is 5.91 Å². The first-order chi connectivity index (χ1) is 18.9. The summed E-state index contributed by atoms with van der Waals surface area (Å²) in [5, 5.41) is 1.82. The van der Waals surface area contributed by atoms with Gasteiger partial charge in [-0.15, -0.1) is 0 Å². The van der Waals surface area contributed by atoms with Crippen LogP contribution < -0.4 is 5.32 Å². The lowest BCUT2D eigenvalue weighted by Crippen LogP contribution is -2.47. The number of rotatable bonds is 16. The number of fused-ring (bicyclic) bond motifs is 3. The predicted octanol–water partition coefficient (Wildman–Crippen LogP) is 8.26. The van der Waals surface area contributed by atoms with E-state index in [1.54, 1.807) is 30.3 Å². The lowest BCUT2D eigenvalue weighted by molar-refractivity contribution is -0.278. The van der Waals surface area contributed by atoms with Crippen LogP contribution in [0.1, 0.15) is 75.0 Å². The smallest absolute Gasteiger partial charge is 0.349 e. The van der Waals surface area contributed by atoms with E-state index >= 15 is 0 Å². The fourth-order valence-corrected chi connectivity index (χ4v) is 6.47. The molecule has 0 aliphatic heterocycles. The van der Waals surface area contributed by atoms with Crippen LogP contribution in [0.25, 0.3) is 11.1 Å². The molecule has 1 aliphatic rings. The highest BCUT2D eigenvalue weighted by Gasteiger charge is 2.57. The third-order valence-electron chi connectivity index (χ3n) is 6.90. The Morgan fingerprint density at radius 1 is 0.875 bits per heavy atom. The monoisotopic (exact) mass is 589 g/mol. The summed E-state index contributed by atoms with van der Waals surface area (Å²) in [6, 6.07) is 12.3. The topological polar surface area (TPSA) is 64.6 Å². The normalized spacial score (nSPS) is 15.1. The maximum Gasteiger partial charge on any atom is 0.455 e. The van der Waals surface area contributed by atoms with E-state index in [2.05, 4.69) is 0 Å². The molecule has 1 N–H and O–H groups in total. The molecule has 2 aromatic carbocycles. The summed E-state index contributed by atoms with van der Waals surface area (Å²) >= 11 is 0. The second-order valence-corrected chi connectivity index (χ2v) is 12.2. The van der Waals surface area contributed by atoms with Gasteiger partial charge in [0.25, 0.3) is 0 Å². The molecule has 40 heavy (non-hydrogen) atoms. The van der Waals surface area contributed by atoms with E-state index < -0.39 is 38.1 Å². The van der Waals surface area contributed by atoms with Gasteiger partial charge in [0, 0.05) is 0 Å². The lowest BCUT2D eigenvalue weighted by atomic mass is 9.93. The van der Waals surface area contributed by atoms with Gasteiger partial charge in [-0.25, -0.2) is 0 Å². The lowest BCUT2D eigenvalue weighted by Gasteiger charge is -2.21. The minimum absolute atomic E-state index is 0.282. The summed E-state index contributed by atoms with van der Waals surface area (Å²) in [7, 11) is -3.22. The van der Waals surface area contributed by atoms with E-state index in [-0.39, 0.29) is 6.16 Å². The van der Waals surface area contributed by atoms with Gasteiger partial charge in [0.05, 0.1) is 31.8 Å². The number of hydrogen-bond acceptors (Lipinski definition) is 4. The number of benzene rings is 2. The molecule has 0 heterocycles. The molecule has 2 aromatic rings. The first-order valence-electron chi connectivity index (χ1n) is 13.8. The predicted molar refractivity (Wildman–Crippen MR) is 145 cm³/mol. The highest BCUT2D eigenvalue weighted by Crippen LogP contribution is 2.50. The van der Waals surface area contributed by atoms with Crippen LogP contribution in [0.3, 0.4) is 0 Å². The van der Waals surface area contributed by atoms with Gasteiger partial charge in [-0.05, 0) is 59.9 Å². The molecule has 0 saturated carbocycles. The maximum absolute atomic E-state index is 13.5. The second kappa shape index (κ2) is 14.1.